The highest BCUT2D eigenvalue weighted by molar-refractivity contribution is 5.98. The molecule has 7 atom stereocenters. The fraction of sp³-hybridized carbons (Fsp3) is 0.490. The third kappa shape index (κ3) is 20.6. The van der Waals surface area contributed by atoms with Crippen molar-refractivity contribution in [2.24, 2.45) is 44.4 Å². The molecule has 4 rings (SSSR count). The number of nitrogens with one attached hydrogen (secondary N) is 9. The van der Waals surface area contributed by atoms with Gasteiger partial charge in [-0.1, -0.05) is 48.5 Å². The molecule has 0 bridgehead atoms. The predicted octanol–water partition coefficient (Wildman–Crippen LogP) is -3.61. The second-order valence-corrected chi connectivity index (χ2v) is 18.1. The van der Waals surface area contributed by atoms with E-state index < -0.39 is 95.5 Å². The number of guanidine groups is 2. The van der Waals surface area contributed by atoms with E-state index in [-0.39, 0.29) is 115 Å². The molecule has 408 valence electrons. The van der Waals surface area contributed by atoms with Gasteiger partial charge in [0.2, 0.25) is 53.2 Å². The zero-order chi connectivity index (χ0) is 54.9. The molecule has 1 fully saturated rings. The number of primary amides is 1. The van der Waals surface area contributed by atoms with E-state index in [1.807, 2.05) is 24.3 Å². The SMILES string of the molecule is CC(=O)N[C@@H](CCCN=C(N)N)C(=O)N[C@H]1CCCNC(=O)CCC[C@@H](C(N)=O)NC(=O)[C@H](Cc2c[nH]c3ccccc23)NC(=O)[C@H](CCCN=C(N)N)NC(=O)[C@@H](Cc2ccccc2)NC(=O)[C@H](CCN)NC1=O. The fourth-order valence-electron chi connectivity index (χ4n) is 8.29. The number of amides is 9. The highest BCUT2D eigenvalue weighted by Gasteiger charge is 2.34. The van der Waals surface area contributed by atoms with Gasteiger partial charge in [0.05, 0.1) is 0 Å². The summed E-state index contributed by atoms with van der Waals surface area (Å²) in [4.78, 5) is 135. The Morgan fingerprint density at radius 2 is 1.27 bits per heavy atom. The average molecular weight is 1040 g/mol. The Labute approximate surface area is 434 Å². The first-order valence-electron chi connectivity index (χ1n) is 24.9. The quantitative estimate of drug-likeness (QED) is 0.0333. The molecule has 75 heavy (non-hydrogen) atoms. The van der Waals surface area contributed by atoms with Crippen LogP contribution >= 0.6 is 0 Å². The lowest BCUT2D eigenvalue weighted by molar-refractivity contribution is -0.135. The number of aromatic nitrogens is 1. The van der Waals surface area contributed by atoms with Gasteiger partial charge >= 0.3 is 0 Å². The molecule has 1 saturated heterocycles. The van der Waals surface area contributed by atoms with Crippen LogP contribution in [0, 0.1) is 0 Å². The Hall–Kier alpha value is -8.29. The smallest absolute Gasteiger partial charge is 0.243 e. The molecular weight excluding hydrogens is 971 g/mol. The van der Waals surface area contributed by atoms with Gasteiger partial charge in [-0.15, -0.1) is 0 Å². The molecule has 0 spiro atoms. The molecule has 2 aromatic carbocycles. The summed E-state index contributed by atoms with van der Waals surface area (Å²) in [7, 11) is 0. The normalized spacial score (nSPS) is 21.3. The topological polar surface area (TPSA) is 446 Å². The zero-order valence-electron chi connectivity index (χ0n) is 42.2. The largest absolute Gasteiger partial charge is 0.370 e. The van der Waals surface area contributed by atoms with Crippen molar-refractivity contribution >= 4 is 76.0 Å². The number of aliphatic imine (C=N–C) groups is 2. The molecule has 0 aliphatic carbocycles. The lowest BCUT2D eigenvalue weighted by atomic mass is 10.0. The number of fused-ring (bicyclic) bond motifs is 1. The van der Waals surface area contributed by atoms with Crippen molar-refractivity contribution in [3.63, 3.8) is 0 Å². The standard InChI is InChI=1S/C49H73N17O9/c1-28(67)60-34(16-9-23-57-48(52)53)42(70)62-35-17-8-22-56-40(68)19-7-15-33(41(51)69)61-47(75)39(26-30-27-59-32-14-6-5-13-31(30)32)66-44(72)36(18-10-24-58-49(54)55)63-46(74)38(25-29-11-3-2-4-12-29)65-45(73)37(20-21-50)64-43(35)71/h2-6,11-14,27,33-39,59H,7-10,15-26,50H2,1H3,(H2,51,69)(H,56,68)(H,60,67)(H,61,75)(H,62,70)(H,63,74)(H,64,71)(H,65,73)(H,66,72)(H4,52,53,57)(H4,54,55,58)/t33-,34-,35-,36-,37-,38+,39-/m0/s1. The second-order valence-electron chi connectivity index (χ2n) is 18.1. The molecule has 9 amide bonds. The van der Waals surface area contributed by atoms with E-state index in [0.717, 1.165) is 10.9 Å². The summed E-state index contributed by atoms with van der Waals surface area (Å²) in [6.45, 7) is 1.33. The highest BCUT2D eigenvalue weighted by Crippen LogP contribution is 2.20. The maximum Gasteiger partial charge on any atom is 0.243 e. The van der Waals surface area contributed by atoms with Crippen molar-refractivity contribution in [3.05, 3.63) is 71.9 Å². The Morgan fingerprint density at radius 1 is 0.680 bits per heavy atom. The summed E-state index contributed by atoms with van der Waals surface area (Å²) in [6.07, 6.45) is 1.84. The minimum Gasteiger partial charge on any atom is -0.370 e. The number of aromatic amines is 1. The van der Waals surface area contributed by atoms with Crippen LogP contribution in [0.2, 0.25) is 0 Å². The molecule has 0 unspecified atom stereocenters. The minimum atomic E-state index is -1.38. The van der Waals surface area contributed by atoms with Gasteiger partial charge in [0, 0.05) is 62.9 Å². The van der Waals surface area contributed by atoms with Gasteiger partial charge < -0.3 is 81.9 Å². The molecule has 21 N–H and O–H groups in total. The van der Waals surface area contributed by atoms with Crippen molar-refractivity contribution in [1.29, 1.82) is 0 Å². The van der Waals surface area contributed by atoms with Crippen LogP contribution < -0.4 is 76.9 Å². The Kier molecular flexibility index (Phi) is 24.2. The van der Waals surface area contributed by atoms with E-state index >= 15 is 0 Å². The van der Waals surface area contributed by atoms with Crippen LogP contribution in [0.25, 0.3) is 10.9 Å². The van der Waals surface area contributed by atoms with Crippen molar-refractivity contribution in [2.45, 2.75) is 126 Å². The number of rotatable bonds is 18. The summed E-state index contributed by atoms with van der Waals surface area (Å²) in [6, 6.07) is 6.79. The van der Waals surface area contributed by atoms with E-state index in [4.69, 9.17) is 34.4 Å². The molecule has 1 aromatic heterocycles. The van der Waals surface area contributed by atoms with Crippen LogP contribution in [0.1, 0.15) is 82.3 Å². The Balaban J connectivity index is 1.74. The zero-order valence-corrected chi connectivity index (χ0v) is 42.2. The number of hydrogen-bond donors (Lipinski definition) is 15. The van der Waals surface area contributed by atoms with Crippen LogP contribution in [0.3, 0.4) is 0 Å². The van der Waals surface area contributed by atoms with Crippen molar-refractivity contribution < 1.29 is 43.2 Å². The Bertz CT molecular complexity index is 2490. The van der Waals surface area contributed by atoms with Gasteiger partial charge in [0.1, 0.15) is 42.3 Å². The monoisotopic (exact) mass is 1040 g/mol. The molecule has 2 heterocycles. The van der Waals surface area contributed by atoms with Gasteiger partial charge in [-0.2, -0.15) is 0 Å². The summed E-state index contributed by atoms with van der Waals surface area (Å²) in [5.41, 5.74) is 35.7. The van der Waals surface area contributed by atoms with Gasteiger partial charge in [-0.25, -0.2) is 0 Å². The third-order valence-electron chi connectivity index (χ3n) is 12.1. The first kappa shape index (κ1) is 59.3. The second kappa shape index (κ2) is 30.7. The lowest BCUT2D eigenvalue weighted by Crippen LogP contribution is -2.60. The van der Waals surface area contributed by atoms with Crippen molar-refractivity contribution in [3.8, 4) is 0 Å². The number of hydrogen-bond acceptors (Lipinski definition) is 12. The van der Waals surface area contributed by atoms with Gasteiger partial charge in [-0.05, 0) is 81.5 Å². The summed E-state index contributed by atoms with van der Waals surface area (Å²) < 4.78 is 0. The van der Waals surface area contributed by atoms with Crippen LogP contribution in [0.5, 0.6) is 0 Å². The third-order valence-corrected chi connectivity index (χ3v) is 12.1. The van der Waals surface area contributed by atoms with E-state index in [9.17, 15) is 43.2 Å². The number of carbonyl (C=O) groups is 9. The van der Waals surface area contributed by atoms with Crippen LogP contribution in [-0.4, -0.2) is 139 Å². The molecule has 1 aliphatic heterocycles. The van der Waals surface area contributed by atoms with Crippen molar-refractivity contribution in [2.75, 3.05) is 26.2 Å². The maximum atomic E-state index is 14.6. The van der Waals surface area contributed by atoms with Gasteiger partial charge in [0.25, 0.3) is 0 Å². The summed E-state index contributed by atoms with van der Waals surface area (Å²) >= 11 is 0. The molecule has 26 nitrogen and oxygen atoms in total. The van der Waals surface area contributed by atoms with Gasteiger partial charge in [-0.3, -0.25) is 53.1 Å². The number of H-pyrrole nitrogens is 1. The van der Waals surface area contributed by atoms with Crippen LogP contribution in [-0.2, 0) is 56.0 Å². The number of carbonyl (C=O) groups excluding carboxylic acids is 9. The molecule has 3 aromatic rings. The predicted molar refractivity (Wildman–Crippen MR) is 280 cm³/mol. The number of para-hydroxylation sites is 1. The molecule has 0 radical (unpaired) electrons. The maximum absolute atomic E-state index is 14.6. The minimum absolute atomic E-state index is 0.0234. The summed E-state index contributed by atoms with van der Waals surface area (Å²) in [5.74, 6) is -7.01. The molecule has 0 saturated carbocycles. The lowest BCUT2D eigenvalue weighted by Gasteiger charge is -2.28. The number of nitrogens with zero attached hydrogens (tertiary/aromatic N) is 2. The molecule has 1 aliphatic rings. The average Bonchev–Trinajstić information content (AvgIpc) is 3.77. The highest BCUT2D eigenvalue weighted by atomic mass is 16.2. The Morgan fingerprint density at radius 3 is 1.92 bits per heavy atom. The first-order valence-corrected chi connectivity index (χ1v) is 24.9. The number of nitrogens with two attached hydrogens (primary N) is 6. The van der Waals surface area contributed by atoms with E-state index in [2.05, 4.69) is 57.5 Å². The van der Waals surface area contributed by atoms with Gasteiger partial charge in [0.15, 0.2) is 11.9 Å². The summed E-state index contributed by atoms with van der Waals surface area (Å²) in [5, 5.41) is 22.3. The van der Waals surface area contributed by atoms with Crippen molar-refractivity contribution in [1.82, 2.24) is 47.5 Å². The van der Waals surface area contributed by atoms with Crippen LogP contribution in [0.15, 0.2) is 70.8 Å². The number of benzene rings is 2. The fourth-order valence-corrected chi connectivity index (χ4v) is 8.29. The molecular formula is C49H73N17O9. The van der Waals surface area contributed by atoms with E-state index in [1.165, 1.54) is 6.92 Å². The van der Waals surface area contributed by atoms with E-state index in [1.54, 1.807) is 36.5 Å². The first-order chi connectivity index (χ1) is 35.8. The van der Waals surface area contributed by atoms with Crippen LogP contribution in [0.4, 0.5) is 0 Å². The molecule has 26 heteroatoms. The van der Waals surface area contributed by atoms with E-state index in [0.29, 0.717) is 11.1 Å².